The number of nitrogens with one attached hydrogen (secondary N) is 1. The van der Waals surface area contributed by atoms with Crippen LogP contribution in [0.15, 0.2) is 36.4 Å². The fourth-order valence-electron chi connectivity index (χ4n) is 3.52. The molecule has 0 saturated heterocycles. The summed E-state index contributed by atoms with van der Waals surface area (Å²) in [5.41, 5.74) is 3.07. The van der Waals surface area contributed by atoms with Gasteiger partial charge in [-0.3, -0.25) is 0 Å². The fraction of sp³-hybridized carbons (Fsp3) is 0.474. The van der Waals surface area contributed by atoms with Gasteiger partial charge in [-0.05, 0) is 61.4 Å². The summed E-state index contributed by atoms with van der Waals surface area (Å²) in [6, 6.07) is 14.1. The lowest BCUT2D eigenvalue weighted by atomic mass is 9.78. The van der Waals surface area contributed by atoms with Crippen molar-refractivity contribution < 1.29 is 0 Å². The van der Waals surface area contributed by atoms with E-state index in [2.05, 4.69) is 55.6 Å². The monoisotopic (exact) mass is 299 g/mol. The van der Waals surface area contributed by atoms with E-state index >= 15 is 0 Å². The third-order valence-electron chi connectivity index (χ3n) is 4.60. The molecule has 21 heavy (non-hydrogen) atoms. The van der Waals surface area contributed by atoms with Gasteiger partial charge >= 0.3 is 0 Å². The summed E-state index contributed by atoms with van der Waals surface area (Å²) >= 11 is 2.00. The van der Waals surface area contributed by atoms with Crippen molar-refractivity contribution in [2.24, 2.45) is 5.92 Å². The Morgan fingerprint density at radius 2 is 1.90 bits per heavy atom. The number of benzene rings is 1. The normalized spacial score (nSPS) is 21.2. The summed E-state index contributed by atoms with van der Waals surface area (Å²) in [7, 11) is 0. The maximum absolute atomic E-state index is 3.74. The Morgan fingerprint density at radius 3 is 2.67 bits per heavy atom. The molecule has 1 aliphatic rings. The molecule has 112 valence electrons. The van der Waals surface area contributed by atoms with Crippen LogP contribution < -0.4 is 5.32 Å². The topological polar surface area (TPSA) is 12.0 Å². The van der Waals surface area contributed by atoms with Gasteiger partial charge in [0, 0.05) is 15.8 Å². The number of rotatable bonds is 5. The minimum absolute atomic E-state index is 0.520. The molecule has 0 fully saturated rings. The van der Waals surface area contributed by atoms with Crippen LogP contribution in [0.5, 0.6) is 0 Å². The van der Waals surface area contributed by atoms with Gasteiger partial charge in [-0.25, -0.2) is 0 Å². The zero-order valence-corrected chi connectivity index (χ0v) is 13.9. The third-order valence-corrected chi connectivity index (χ3v) is 5.85. The summed E-state index contributed by atoms with van der Waals surface area (Å²) in [4.78, 5) is 3.07. The summed E-state index contributed by atoms with van der Waals surface area (Å²) < 4.78 is 0. The summed E-state index contributed by atoms with van der Waals surface area (Å²) in [5, 5.41) is 3.74. The summed E-state index contributed by atoms with van der Waals surface area (Å²) in [6.07, 6.45) is 4.91. The first-order valence-corrected chi connectivity index (χ1v) is 9.02. The fourth-order valence-corrected chi connectivity index (χ4v) is 4.57. The van der Waals surface area contributed by atoms with E-state index in [1.165, 1.54) is 29.7 Å². The smallest absolute Gasteiger partial charge is 0.0354 e. The van der Waals surface area contributed by atoms with Crippen molar-refractivity contribution in [3.05, 3.63) is 57.3 Å². The lowest BCUT2D eigenvalue weighted by molar-refractivity contribution is 0.325. The highest BCUT2D eigenvalue weighted by atomic mass is 32.1. The van der Waals surface area contributed by atoms with Gasteiger partial charge in [0.2, 0.25) is 0 Å². The number of thiophene rings is 1. The molecule has 2 aromatic rings. The van der Waals surface area contributed by atoms with Crippen LogP contribution in [-0.2, 0) is 19.3 Å². The van der Waals surface area contributed by atoms with Gasteiger partial charge in [-0.15, -0.1) is 11.3 Å². The van der Waals surface area contributed by atoms with E-state index in [1.807, 2.05) is 11.3 Å². The SMILES string of the molecule is CCNC1c2ccccc2CCC1Cc1ccc(CC)s1. The van der Waals surface area contributed by atoms with Crippen molar-refractivity contribution >= 4 is 11.3 Å². The van der Waals surface area contributed by atoms with Gasteiger partial charge in [-0.1, -0.05) is 38.1 Å². The van der Waals surface area contributed by atoms with E-state index in [0.717, 1.165) is 18.9 Å². The molecule has 2 unspecified atom stereocenters. The van der Waals surface area contributed by atoms with Crippen LogP contribution in [0.3, 0.4) is 0 Å². The minimum Gasteiger partial charge on any atom is -0.310 e. The van der Waals surface area contributed by atoms with Crippen LogP contribution >= 0.6 is 11.3 Å². The highest BCUT2D eigenvalue weighted by molar-refractivity contribution is 7.11. The van der Waals surface area contributed by atoms with E-state index in [4.69, 9.17) is 0 Å². The van der Waals surface area contributed by atoms with Gasteiger partial charge in [0.05, 0.1) is 0 Å². The molecule has 0 aliphatic heterocycles. The van der Waals surface area contributed by atoms with Crippen LogP contribution in [0.1, 0.15) is 47.2 Å². The van der Waals surface area contributed by atoms with Crippen molar-refractivity contribution in [2.45, 2.75) is 45.6 Å². The van der Waals surface area contributed by atoms with E-state index < -0.39 is 0 Å². The Kier molecular flexibility index (Phi) is 4.77. The first-order chi connectivity index (χ1) is 10.3. The van der Waals surface area contributed by atoms with Crippen LogP contribution in [0.4, 0.5) is 0 Å². The molecule has 0 bridgehead atoms. The molecule has 1 aromatic carbocycles. The average Bonchev–Trinajstić information content (AvgIpc) is 2.97. The maximum Gasteiger partial charge on any atom is 0.0354 e. The van der Waals surface area contributed by atoms with Crippen molar-refractivity contribution in [1.29, 1.82) is 0 Å². The molecular weight excluding hydrogens is 274 g/mol. The predicted octanol–water partition coefficient (Wildman–Crippen LogP) is 4.77. The molecule has 0 spiro atoms. The molecule has 1 nitrogen and oxygen atoms in total. The number of aryl methyl sites for hydroxylation is 2. The van der Waals surface area contributed by atoms with Gasteiger partial charge in [0.1, 0.15) is 0 Å². The van der Waals surface area contributed by atoms with E-state index in [-0.39, 0.29) is 0 Å². The standard InChI is InChI=1S/C19H25NS/c1-3-16-11-12-17(21-16)13-15-10-9-14-7-5-6-8-18(14)19(15)20-4-2/h5-8,11-12,15,19-20H,3-4,9-10,13H2,1-2H3. The largest absolute Gasteiger partial charge is 0.310 e. The van der Waals surface area contributed by atoms with E-state index in [1.54, 1.807) is 10.4 Å². The third kappa shape index (κ3) is 3.22. The summed E-state index contributed by atoms with van der Waals surface area (Å²) in [6.45, 7) is 5.50. The highest BCUT2D eigenvalue weighted by Gasteiger charge is 2.28. The molecule has 1 N–H and O–H groups in total. The Morgan fingerprint density at radius 1 is 1.10 bits per heavy atom. The lowest BCUT2D eigenvalue weighted by Crippen LogP contribution is -2.33. The van der Waals surface area contributed by atoms with Crippen molar-refractivity contribution in [3.63, 3.8) is 0 Å². The summed E-state index contributed by atoms with van der Waals surface area (Å²) in [5.74, 6) is 0.725. The Balaban J connectivity index is 1.81. The first-order valence-electron chi connectivity index (χ1n) is 8.20. The zero-order valence-electron chi connectivity index (χ0n) is 13.1. The molecular formula is C19H25NS. The van der Waals surface area contributed by atoms with Crippen molar-refractivity contribution in [2.75, 3.05) is 6.54 Å². The molecule has 1 heterocycles. The van der Waals surface area contributed by atoms with Gasteiger partial charge in [0.25, 0.3) is 0 Å². The molecule has 1 aliphatic carbocycles. The molecule has 2 atom stereocenters. The predicted molar refractivity (Wildman–Crippen MR) is 92.1 cm³/mol. The second kappa shape index (κ2) is 6.76. The second-order valence-corrected chi connectivity index (χ2v) is 7.21. The van der Waals surface area contributed by atoms with Gasteiger partial charge in [-0.2, -0.15) is 0 Å². The van der Waals surface area contributed by atoms with Crippen LogP contribution in [0, 0.1) is 5.92 Å². The number of hydrogen-bond acceptors (Lipinski definition) is 2. The van der Waals surface area contributed by atoms with Gasteiger partial charge in [0.15, 0.2) is 0 Å². The van der Waals surface area contributed by atoms with E-state index in [0.29, 0.717) is 6.04 Å². The van der Waals surface area contributed by atoms with Crippen LogP contribution in [0.25, 0.3) is 0 Å². The zero-order chi connectivity index (χ0) is 14.7. The first kappa shape index (κ1) is 14.8. The van der Waals surface area contributed by atoms with Crippen LogP contribution in [-0.4, -0.2) is 6.54 Å². The van der Waals surface area contributed by atoms with E-state index in [9.17, 15) is 0 Å². The molecule has 0 saturated carbocycles. The quantitative estimate of drug-likeness (QED) is 0.839. The molecule has 2 heteroatoms. The molecule has 3 rings (SSSR count). The molecule has 0 amide bonds. The van der Waals surface area contributed by atoms with Crippen molar-refractivity contribution in [3.8, 4) is 0 Å². The second-order valence-electron chi connectivity index (χ2n) is 5.96. The Bertz CT molecular complexity index is 587. The van der Waals surface area contributed by atoms with Crippen LogP contribution in [0.2, 0.25) is 0 Å². The molecule has 1 aromatic heterocycles. The number of fused-ring (bicyclic) bond motifs is 1. The van der Waals surface area contributed by atoms with Crippen molar-refractivity contribution in [1.82, 2.24) is 5.32 Å². The lowest BCUT2D eigenvalue weighted by Gasteiger charge is -2.34. The number of hydrogen-bond donors (Lipinski definition) is 1. The maximum atomic E-state index is 3.74. The average molecular weight is 299 g/mol. The Labute approximate surface area is 132 Å². The molecule has 0 radical (unpaired) electrons. The van der Waals surface area contributed by atoms with Gasteiger partial charge < -0.3 is 5.32 Å². The minimum atomic E-state index is 0.520. The highest BCUT2D eigenvalue weighted by Crippen LogP contribution is 2.37. The Hall–Kier alpha value is -1.12.